The van der Waals surface area contributed by atoms with Crippen molar-refractivity contribution in [2.75, 3.05) is 13.1 Å². The van der Waals surface area contributed by atoms with Crippen molar-refractivity contribution in [2.24, 2.45) is 0 Å². The summed E-state index contributed by atoms with van der Waals surface area (Å²) in [5.74, 6) is 0. The number of hydrogen-bond acceptors (Lipinski definition) is 3. The molecule has 0 spiro atoms. The normalized spacial score (nSPS) is 17.6. The van der Waals surface area contributed by atoms with Crippen molar-refractivity contribution in [2.45, 2.75) is 51.9 Å². The Morgan fingerprint density at radius 3 is 2.62 bits per heavy atom. The van der Waals surface area contributed by atoms with Gasteiger partial charge in [0.1, 0.15) is 11.3 Å². The van der Waals surface area contributed by atoms with Gasteiger partial charge in [0.15, 0.2) is 0 Å². The van der Waals surface area contributed by atoms with Gasteiger partial charge in [-0.2, -0.15) is 13.2 Å². The van der Waals surface area contributed by atoms with Crippen molar-refractivity contribution in [1.29, 1.82) is 0 Å². The molecule has 3 aromatic heterocycles. The molecule has 4 rings (SSSR count). The van der Waals surface area contributed by atoms with Gasteiger partial charge in [0.25, 0.3) is 0 Å². The molecule has 1 atom stereocenters. The highest BCUT2D eigenvalue weighted by molar-refractivity contribution is 5.83. The number of aromatic nitrogens is 3. The summed E-state index contributed by atoms with van der Waals surface area (Å²) in [4.78, 5) is 10.7. The first-order valence-corrected chi connectivity index (χ1v) is 10.2. The Morgan fingerprint density at radius 2 is 1.97 bits per heavy atom. The SMILES string of the molecule is CCC1c2c(n(CCc3ccc(C(F)(F)F)nc3)c3ncccc23)CCN1CC. The fraction of sp³-hybridized carbons (Fsp3) is 0.455. The molecule has 1 aliphatic heterocycles. The maximum absolute atomic E-state index is 12.7. The molecular weight excluding hydrogens is 377 g/mol. The second-order valence-electron chi connectivity index (χ2n) is 7.49. The van der Waals surface area contributed by atoms with Crippen LogP contribution in [0.25, 0.3) is 11.0 Å². The molecule has 0 saturated heterocycles. The third kappa shape index (κ3) is 3.64. The molecule has 1 unspecified atom stereocenters. The lowest BCUT2D eigenvalue weighted by Gasteiger charge is -2.35. The van der Waals surface area contributed by atoms with Crippen LogP contribution in [0.15, 0.2) is 36.7 Å². The number of nitrogens with zero attached hydrogens (tertiary/aromatic N) is 4. The maximum Gasteiger partial charge on any atom is 0.433 e. The van der Waals surface area contributed by atoms with Crippen LogP contribution in [0.2, 0.25) is 0 Å². The molecule has 0 radical (unpaired) electrons. The van der Waals surface area contributed by atoms with Crippen molar-refractivity contribution in [3.05, 3.63) is 59.2 Å². The molecule has 0 saturated carbocycles. The molecule has 4 heterocycles. The minimum Gasteiger partial charge on any atom is -0.329 e. The number of aryl methyl sites for hydroxylation is 2. The van der Waals surface area contributed by atoms with E-state index in [0.717, 1.165) is 43.2 Å². The predicted molar refractivity (Wildman–Crippen MR) is 107 cm³/mol. The first-order valence-electron chi connectivity index (χ1n) is 10.2. The van der Waals surface area contributed by atoms with Crippen LogP contribution >= 0.6 is 0 Å². The average Bonchev–Trinajstić information content (AvgIpc) is 3.05. The lowest BCUT2D eigenvalue weighted by atomic mass is 9.94. The van der Waals surface area contributed by atoms with Gasteiger partial charge in [-0.05, 0) is 48.7 Å². The van der Waals surface area contributed by atoms with Gasteiger partial charge in [0, 0.05) is 49.0 Å². The van der Waals surface area contributed by atoms with Crippen LogP contribution in [0.5, 0.6) is 0 Å². The van der Waals surface area contributed by atoms with Crippen molar-refractivity contribution in [3.63, 3.8) is 0 Å². The summed E-state index contributed by atoms with van der Waals surface area (Å²) in [6.45, 7) is 7.12. The standard InChI is InChI=1S/C22H25F3N4/c1-3-17-20-16-6-5-11-26-21(16)29(18(20)10-12-28(17)4-2)13-9-15-7-8-19(27-14-15)22(23,24)25/h5-8,11,14,17H,3-4,9-10,12-13H2,1-2H3. The summed E-state index contributed by atoms with van der Waals surface area (Å²) in [5, 5.41) is 1.19. The first-order chi connectivity index (χ1) is 13.9. The summed E-state index contributed by atoms with van der Waals surface area (Å²) >= 11 is 0. The van der Waals surface area contributed by atoms with Crippen molar-refractivity contribution < 1.29 is 13.2 Å². The lowest BCUT2D eigenvalue weighted by Crippen LogP contribution is -2.35. The Bertz CT molecular complexity index is 992. The summed E-state index contributed by atoms with van der Waals surface area (Å²) in [6, 6.07) is 7.08. The van der Waals surface area contributed by atoms with E-state index in [2.05, 4.69) is 39.3 Å². The van der Waals surface area contributed by atoms with Crippen LogP contribution in [0.1, 0.15) is 48.8 Å². The highest BCUT2D eigenvalue weighted by atomic mass is 19.4. The topological polar surface area (TPSA) is 34.0 Å². The van der Waals surface area contributed by atoms with Crippen molar-refractivity contribution >= 4 is 11.0 Å². The van der Waals surface area contributed by atoms with E-state index in [0.29, 0.717) is 19.0 Å². The Kier molecular flexibility index (Phi) is 5.34. The van der Waals surface area contributed by atoms with E-state index in [4.69, 9.17) is 0 Å². The zero-order valence-electron chi connectivity index (χ0n) is 16.7. The molecule has 0 amide bonds. The van der Waals surface area contributed by atoms with Crippen LogP contribution in [0, 0.1) is 0 Å². The molecule has 3 aromatic rings. The Labute approximate surface area is 168 Å². The Morgan fingerprint density at radius 1 is 1.14 bits per heavy atom. The van der Waals surface area contributed by atoms with Crippen LogP contribution < -0.4 is 0 Å². The number of rotatable bonds is 5. The average molecular weight is 402 g/mol. The monoisotopic (exact) mass is 402 g/mol. The molecule has 154 valence electrons. The van der Waals surface area contributed by atoms with Gasteiger partial charge < -0.3 is 4.57 Å². The number of fused-ring (bicyclic) bond motifs is 3. The lowest BCUT2D eigenvalue weighted by molar-refractivity contribution is -0.141. The Balaban J connectivity index is 1.67. The Hall–Kier alpha value is -2.41. The highest BCUT2D eigenvalue weighted by Gasteiger charge is 2.32. The van der Waals surface area contributed by atoms with Gasteiger partial charge in [-0.15, -0.1) is 0 Å². The summed E-state index contributed by atoms with van der Waals surface area (Å²) < 4.78 is 40.5. The zero-order chi connectivity index (χ0) is 20.6. The molecule has 0 aliphatic carbocycles. The van der Waals surface area contributed by atoms with Gasteiger partial charge >= 0.3 is 6.18 Å². The van der Waals surface area contributed by atoms with Crippen LogP contribution in [0.3, 0.4) is 0 Å². The molecule has 1 aliphatic rings. The van der Waals surface area contributed by atoms with E-state index < -0.39 is 11.9 Å². The van der Waals surface area contributed by atoms with E-state index in [1.807, 2.05) is 12.3 Å². The third-order valence-electron chi connectivity index (χ3n) is 5.91. The number of pyridine rings is 2. The van der Waals surface area contributed by atoms with Crippen molar-refractivity contribution in [3.8, 4) is 0 Å². The predicted octanol–water partition coefficient (Wildman–Crippen LogP) is 5.02. The molecule has 4 nitrogen and oxygen atoms in total. The van der Waals surface area contributed by atoms with E-state index in [1.165, 1.54) is 28.9 Å². The number of hydrogen-bond donors (Lipinski definition) is 0. The summed E-state index contributed by atoms with van der Waals surface area (Å²) in [7, 11) is 0. The third-order valence-corrected chi connectivity index (χ3v) is 5.91. The molecule has 0 bridgehead atoms. The zero-order valence-corrected chi connectivity index (χ0v) is 16.7. The van der Waals surface area contributed by atoms with Crippen molar-refractivity contribution in [1.82, 2.24) is 19.4 Å². The molecule has 0 aromatic carbocycles. The quantitative estimate of drug-likeness (QED) is 0.601. The molecule has 0 N–H and O–H groups in total. The van der Waals surface area contributed by atoms with E-state index in [-0.39, 0.29) is 0 Å². The number of likely N-dealkylation sites (N-methyl/N-ethyl adjacent to an activating group) is 1. The van der Waals surface area contributed by atoms with Crippen LogP contribution in [-0.4, -0.2) is 32.5 Å². The highest BCUT2D eigenvalue weighted by Crippen LogP contribution is 2.38. The van der Waals surface area contributed by atoms with Crippen LogP contribution in [-0.2, 0) is 25.6 Å². The van der Waals surface area contributed by atoms with Gasteiger partial charge in [-0.1, -0.05) is 19.9 Å². The fourth-order valence-corrected chi connectivity index (χ4v) is 4.54. The molecule has 0 fully saturated rings. The second kappa shape index (κ2) is 7.78. The van der Waals surface area contributed by atoms with Gasteiger partial charge in [-0.3, -0.25) is 9.88 Å². The molecule has 29 heavy (non-hydrogen) atoms. The minimum atomic E-state index is -4.40. The van der Waals surface area contributed by atoms with E-state index in [9.17, 15) is 13.2 Å². The van der Waals surface area contributed by atoms with Gasteiger partial charge in [0.05, 0.1) is 0 Å². The van der Waals surface area contributed by atoms with Gasteiger partial charge in [0.2, 0.25) is 0 Å². The van der Waals surface area contributed by atoms with E-state index in [1.54, 1.807) is 0 Å². The number of alkyl halides is 3. The maximum atomic E-state index is 12.7. The fourth-order valence-electron chi connectivity index (χ4n) is 4.54. The summed E-state index contributed by atoms with van der Waals surface area (Å²) in [6.07, 6.45) is 1.36. The molecular formula is C22H25F3N4. The first kappa shape index (κ1) is 19.9. The van der Waals surface area contributed by atoms with E-state index >= 15 is 0 Å². The number of halogens is 3. The second-order valence-corrected chi connectivity index (χ2v) is 7.49. The smallest absolute Gasteiger partial charge is 0.329 e. The minimum absolute atomic E-state index is 0.379. The largest absolute Gasteiger partial charge is 0.433 e. The van der Waals surface area contributed by atoms with Gasteiger partial charge in [-0.25, -0.2) is 4.98 Å². The molecule has 7 heteroatoms. The van der Waals surface area contributed by atoms with Crippen LogP contribution in [0.4, 0.5) is 13.2 Å². The summed E-state index contributed by atoms with van der Waals surface area (Å²) in [5.41, 5.74) is 3.60.